The summed E-state index contributed by atoms with van der Waals surface area (Å²) in [5.74, 6) is 1.94. The molecule has 8 rings (SSSR count). The number of hydrogen-bond acceptors (Lipinski definition) is 7. The van der Waals surface area contributed by atoms with Crippen LogP contribution in [0.4, 0.5) is 0 Å². The first-order chi connectivity index (χ1) is 25.3. The smallest absolute Gasteiger partial charge is 0.308 e. The van der Waals surface area contributed by atoms with Gasteiger partial charge in [0.1, 0.15) is 11.9 Å². The largest absolute Gasteiger partial charge is 0.508 e. The first kappa shape index (κ1) is 34.9. The summed E-state index contributed by atoms with van der Waals surface area (Å²) in [7, 11) is 0. The Balaban J connectivity index is 1.07. The lowest BCUT2D eigenvalue weighted by Gasteiger charge is -2.60. The number of likely N-dealkylation sites (tertiary alicyclic amines) is 1. The number of aryl methyl sites for hydroxylation is 1. The summed E-state index contributed by atoms with van der Waals surface area (Å²) < 4.78 is 12.8. The molecule has 0 aromatic heterocycles. The van der Waals surface area contributed by atoms with Crippen LogP contribution in [0.2, 0.25) is 0 Å². The molecule has 2 saturated carbocycles. The van der Waals surface area contributed by atoms with E-state index in [1.807, 2.05) is 36.4 Å². The quantitative estimate of drug-likeness (QED) is 0.0761. The highest BCUT2D eigenvalue weighted by molar-refractivity contribution is 5.96. The van der Waals surface area contributed by atoms with E-state index in [2.05, 4.69) is 34.1 Å². The van der Waals surface area contributed by atoms with Gasteiger partial charge in [0.15, 0.2) is 17.3 Å². The standard InChI is InChI=1S/C44H52N2O6/c1-29(47)51-39-27-38(49)33-26-36-34-21-22-35(43-44(34,41(33)42(39)52-43)23-25-45(36)28-31-19-20-31)46(24-11-10-14-30-12-4-2-5-13-30)40(50)18-9-8-17-37(48)32-15-6-3-7-16-32/h2-7,12-13,15-16,27,31,34-36,43,49H,8-11,14,17-26,28H2,1H3/t34-,35+,36+,43-,44-/m0/s1. The van der Waals surface area contributed by atoms with Crippen molar-refractivity contribution in [3.63, 3.8) is 0 Å². The number of phenols is 1. The van der Waals surface area contributed by atoms with E-state index in [9.17, 15) is 19.5 Å². The number of nitrogens with zero attached hydrogens (tertiary/aromatic N) is 2. The van der Waals surface area contributed by atoms with E-state index in [-0.39, 0.29) is 40.8 Å². The van der Waals surface area contributed by atoms with Crippen molar-refractivity contribution in [3.8, 4) is 17.2 Å². The molecule has 3 aliphatic carbocycles. The van der Waals surface area contributed by atoms with Crippen LogP contribution in [0.25, 0.3) is 0 Å². The maximum Gasteiger partial charge on any atom is 0.308 e. The van der Waals surface area contributed by atoms with Gasteiger partial charge in [-0.05, 0) is 94.6 Å². The molecule has 274 valence electrons. The molecule has 3 aromatic rings. The Morgan fingerprint density at radius 2 is 1.69 bits per heavy atom. The van der Waals surface area contributed by atoms with E-state index in [0.29, 0.717) is 49.9 Å². The van der Waals surface area contributed by atoms with Gasteiger partial charge in [0.05, 0.1) is 6.04 Å². The van der Waals surface area contributed by atoms with Gasteiger partial charge in [-0.1, -0.05) is 60.7 Å². The third-order valence-electron chi connectivity index (χ3n) is 12.8. The zero-order chi connectivity index (χ0) is 35.8. The molecular formula is C44H52N2O6. The van der Waals surface area contributed by atoms with Crippen LogP contribution in [-0.4, -0.2) is 70.4 Å². The summed E-state index contributed by atoms with van der Waals surface area (Å²) in [5.41, 5.74) is 3.61. The van der Waals surface area contributed by atoms with E-state index in [1.54, 1.807) is 6.07 Å². The topological polar surface area (TPSA) is 96.4 Å². The third kappa shape index (κ3) is 6.63. The molecule has 3 fully saturated rings. The summed E-state index contributed by atoms with van der Waals surface area (Å²) in [6.07, 6.45) is 10.7. The van der Waals surface area contributed by atoms with E-state index in [1.165, 1.54) is 25.3 Å². The molecule has 1 saturated heterocycles. The number of carbonyl (C=O) groups is 3. The molecule has 5 atom stereocenters. The second kappa shape index (κ2) is 14.7. The number of esters is 1. The van der Waals surface area contributed by atoms with Crippen LogP contribution in [-0.2, 0) is 27.8 Å². The fraction of sp³-hybridized carbons (Fsp3) is 0.523. The molecule has 0 unspecified atom stereocenters. The number of phenolic OH excluding ortho intramolecular Hbond substituents is 1. The van der Waals surface area contributed by atoms with Crippen molar-refractivity contribution < 1.29 is 29.0 Å². The maximum absolute atomic E-state index is 14.4. The number of amides is 1. The molecule has 52 heavy (non-hydrogen) atoms. The molecular weight excluding hydrogens is 652 g/mol. The van der Waals surface area contributed by atoms with Crippen molar-refractivity contribution in [1.29, 1.82) is 0 Å². The van der Waals surface area contributed by atoms with Gasteiger partial charge in [-0.15, -0.1) is 0 Å². The molecule has 1 N–H and O–H groups in total. The second-order valence-corrected chi connectivity index (χ2v) is 16.0. The number of aromatic hydroxyl groups is 1. The van der Waals surface area contributed by atoms with Gasteiger partial charge >= 0.3 is 5.97 Å². The van der Waals surface area contributed by atoms with Crippen molar-refractivity contribution in [2.24, 2.45) is 11.8 Å². The zero-order valence-corrected chi connectivity index (χ0v) is 30.4. The summed E-state index contributed by atoms with van der Waals surface area (Å²) in [6.45, 7) is 4.09. The molecule has 1 spiro atoms. The van der Waals surface area contributed by atoms with Gasteiger partial charge in [0.25, 0.3) is 0 Å². The van der Waals surface area contributed by atoms with Crippen molar-refractivity contribution in [3.05, 3.63) is 89.0 Å². The minimum atomic E-state index is -0.450. The summed E-state index contributed by atoms with van der Waals surface area (Å²) in [6, 6.07) is 21.6. The second-order valence-electron chi connectivity index (χ2n) is 16.0. The van der Waals surface area contributed by atoms with Crippen LogP contribution in [0.1, 0.15) is 105 Å². The molecule has 2 heterocycles. The summed E-state index contributed by atoms with van der Waals surface area (Å²) in [4.78, 5) is 44.3. The van der Waals surface area contributed by atoms with E-state index < -0.39 is 5.97 Å². The lowest BCUT2D eigenvalue weighted by molar-refractivity contribution is -0.143. The van der Waals surface area contributed by atoms with Crippen LogP contribution in [0, 0.1) is 11.8 Å². The molecule has 2 bridgehead atoms. The first-order valence-electron chi connectivity index (χ1n) is 19.7. The Bertz CT molecular complexity index is 1790. The van der Waals surface area contributed by atoms with Gasteiger partial charge in [0.2, 0.25) is 5.91 Å². The number of ketones is 1. The predicted molar refractivity (Wildman–Crippen MR) is 199 cm³/mol. The Kier molecular flexibility index (Phi) is 9.86. The number of benzene rings is 3. The molecule has 3 aromatic carbocycles. The van der Waals surface area contributed by atoms with Gasteiger partial charge in [0, 0.05) is 67.1 Å². The van der Waals surface area contributed by atoms with Crippen LogP contribution in [0.15, 0.2) is 66.7 Å². The van der Waals surface area contributed by atoms with Gasteiger partial charge in [-0.2, -0.15) is 0 Å². The van der Waals surface area contributed by atoms with Gasteiger partial charge in [-0.3, -0.25) is 19.3 Å². The minimum absolute atomic E-state index is 0.114. The zero-order valence-electron chi connectivity index (χ0n) is 30.4. The first-order valence-corrected chi connectivity index (χ1v) is 19.7. The van der Waals surface area contributed by atoms with Crippen LogP contribution < -0.4 is 9.47 Å². The van der Waals surface area contributed by atoms with Gasteiger partial charge < -0.3 is 19.5 Å². The highest BCUT2D eigenvalue weighted by Crippen LogP contribution is 2.66. The number of carbonyl (C=O) groups excluding carboxylic acids is 3. The SMILES string of the molecule is CC(=O)Oc1cc(O)c2c3c1O[C@H]1[C@H](N(CCCCc4ccccc4)C(=O)CCCCC(=O)c4ccccc4)CC[C@H]4[C@@H](C2)N(CC2CC2)CC[C@@]341. The summed E-state index contributed by atoms with van der Waals surface area (Å²) >= 11 is 0. The number of piperidine rings is 1. The van der Waals surface area contributed by atoms with Crippen LogP contribution in [0.5, 0.6) is 17.2 Å². The molecule has 1 amide bonds. The Labute approximate surface area is 307 Å². The van der Waals surface area contributed by atoms with Crippen molar-refractivity contribution in [2.75, 3.05) is 19.6 Å². The minimum Gasteiger partial charge on any atom is -0.508 e. The number of rotatable bonds is 15. The monoisotopic (exact) mass is 704 g/mol. The average molecular weight is 705 g/mol. The Morgan fingerprint density at radius 3 is 2.44 bits per heavy atom. The molecule has 2 aliphatic heterocycles. The van der Waals surface area contributed by atoms with E-state index >= 15 is 0 Å². The lowest BCUT2D eigenvalue weighted by Crippen LogP contribution is -2.69. The molecule has 0 radical (unpaired) electrons. The van der Waals surface area contributed by atoms with E-state index in [0.717, 1.165) is 80.6 Å². The van der Waals surface area contributed by atoms with E-state index in [4.69, 9.17) is 9.47 Å². The van der Waals surface area contributed by atoms with Crippen molar-refractivity contribution in [1.82, 2.24) is 9.80 Å². The van der Waals surface area contributed by atoms with Crippen molar-refractivity contribution >= 4 is 17.7 Å². The van der Waals surface area contributed by atoms with Crippen molar-refractivity contribution in [2.45, 2.75) is 114 Å². The molecule has 5 aliphatic rings. The highest BCUT2D eigenvalue weighted by atomic mass is 16.6. The number of ether oxygens (including phenoxy) is 2. The number of hydrogen-bond donors (Lipinski definition) is 1. The maximum atomic E-state index is 14.4. The third-order valence-corrected chi connectivity index (χ3v) is 12.8. The fourth-order valence-corrected chi connectivity index (χ4v) is 10.3. The summed E-state index contributed by atoms with van der Waals surface area (Å²) in [5, 5.41) is 11.5. The average Bonchev–Trinajstić information content (AvgIpc) is 3.90. The number of unbranched alkanes of at least 4 members (excludes halogenated alkanes) is 2. The highest BCUT2D eigenvalue weighted by Gasteiger charge is 2.67. The molecule has 8 nitrogen and oxygen atoms in total. The van der Waals surface area contributed by atoms with Gasteiger partial charge in [-0.25, -0.2) is 0 Å². The van der Waals surface area contributed by atoms with Crippen LogP contribution >= 0.6 is 0 Å². The Morgan fingerprint density at radius 1 is 0.942 bits per heavy atom. The fourth-order valence-electron chi connectivity index (χ4n) is 10.3. The van der Waals surface area contributed by atoms with Crippen LogP contribution in [0.3, 0.4) is 0 Å². The number of Topliss-reactive ketones (excluding diaryl/α,β-unsaturated/α-hetero) is 1. The lowest BCUT2D eigenvalue weighted by atomic mass is 9.50. The molecule has 8 heteroatoms. The predicted octanol–water partition coefficient (Wildman–Crippen LogP) is 7.43. The Hall–Kier alpha value is -4.17. The normalized spacial score (nSPS) is 25.6.